The minimum Gasteiger partial charge on any atom is -0.481 e. The van der Waals surface area contributed by atoms with Crippen LogP contribution in [0, 0.1) is 5.41 Å². The zero-order valence-electron chi connectivity index (χ0n) is 10.5. The molecular formula is C12H18ClN3O2. The molecule has 0 amide bonds. The van der Waals surface area contributed by atoms with Crippen LogP contribution in [0.5, 0.6) is 0 Å². The van der Waals surface area contributed by atoms with Crippen molar-refractivity contribution in [1.29, 1.82) is 0 Å². The van der Waals surface area contributed by atoms with Crippen LogP contribution in [-0.2, 0) is 11.3 Å². The Hall–Kier alpha value is -1.07. The molecule has 5 nitrogen and oxygen atoms in total. The van der Waals surface area contributed by atoms with Crippen molar-refractivity contribution in [1.82, 2.24) is 14.7 Å². The van der Waals surface area contributed by atoms with Crippen molar-refractivity contribution in [2.24, 2.45) is 5.41 Å². The fraction of sp³-hybridized carbons (Fsp3) is 0.667. The number of nitrogens with zero attached hydrogens (tertiary/aromatic N) is 3. The van der Waals surface area contributed by atoms with E-state index < -0.39 is 11.4 Å². The maximum atomic E-state index is 11.1. The number of likely N-dealkylation sites (tertiary alicyclic amines) is 1. The van der Waals surface area contributed by atoms with E-state index in [1.54, 1.807) is 12.4 Å². The van der Waals surface area contributed by atoms with Crippen LogP contribution in [0.3, 0.4) is 0 Å². The van der Waals surface area contributed by atoms with Gasteiger partial charge in [-0.05, 0) is 32.9 Å². The van der Waals surface area contributed by atoms with Gasteiger partial charge in [-0.2, -0.15) is 5.10 Å². The zero-order chi connectivity index (χ0) is 13.2. The second-order valence-corrected chi connectivity index (χ2v) is 5.57. The Morgan fingerprint density at radius 3 is 2.67 bits per heavy atom. The molecule has 0 unspecified atom stereocenters. The summed E-state index contributed by atoms with van der Waals surface area (Å²) in [5.41, 5.74) is -0.550. The minimum absolute atomic E-state index is 0.550. The molecule has 0 aromatic carbocycles. The summed E-state index contributed by atoms with van der Waals surface area (Å²) in [5.74, 6) is -0.680. The van der Waals surface area contributed by atoms with E-state index in [9.17, 15) is 4.79 Å². The van der Waals surface area contributed by atoms with E-state index in [0.29, 0.717) is 17.9 Å². The summed E-state index contributed by atoms with van der Waals surface area (Å²) in [5, 5.41) is 13.9. The van der Waals surface area contributed by atoms with Crippen LogP contribution < -0.4 is 0 Å². The lowest BCUT2D eigenvalue weighted by atomic mass is 9.80. The van der Waals surface area contributed by atoms with E-state index in [4.69, 9.17) is 16.7 Å². The van der Waals surface area contributed by atoms with Gasteiger partial charge in [-0.15, -0.1) is 0 Å². The number of halogens is 1. The molecule has 0 bridgehead atoms. The molecule has 0 saturated carbocycles. The van der Waals surface area contributed by atoms with Gasteiger partial charge >= 0.3 is 5.97 Å². The summed E-state index contributed by atoms with van der Waals surface area (Å²) in [7, 11) is 0. The van der Waals surface area contributed by atoms with Gasteiger partial charge in [0.25, 0.3) is 0 Å². The number of rotatable bonds is 4. The lowest BCUT2D eigenvalue weighted by Crippen LogP contribution is -2.43. The van der Waals surface area contributed by atoms with Crippen molar-refractivity contribution in [3.63, 3.8) is 0 Å². The van der Waals surface area contributed by atoms with Crippen molar-refractivity contribution >= 4 is 17.6 Å². The predicted octanol–water partition coefficient (Wildman–Crippen LogP) is 1.72. The molecule has 1 aliphatic heterocycles. The zero-order valence-corrected chi connectivity index (χ0v) is 11.2. The summed E-state index contributed by atoms with van der Waals surface area (Å²) in [4.78, 5) is 13.4. The second kappa shape index (κ2) is 5.28. The van der Waals surface area contributed by atoms with Crippen LogP contribution in [0.15, 0.2) is 12.4 Å². The first-order valence-electron chi connectivity index (χ1n) is 6.13. The van der Waals surface area contributed by atoms with Crippen LogP contribution >= 0.6 is 11.6 Å². The van der Waals surface area contributed by atoms with Crippen LogP contribution in [0.1, 0.15) is 19.8 Å². The Balaban J connectivity index is 1.79. The number of carboxylic acid groups (broad SMARTS) is 1. The van der Waals surface area contributed by atoms with Gasteiger partial charge in [0, 0.05) is 12.7 Å². The standard InChI is InChI=1S/C12H18ClN3O2/c1-12(11(17)18)2-4-15(5-3-12)6-7-16-9-10(13)8-14-16/h8-9H,2-7H2,1H3,(H,17,18). The molecule has 18 heavy (non-hydrogen) atoms. The van der Waals surface area contributed by atoms with Crippen LogP contribution in [0.2, 0.25) is 5.02 Å². The molecule has 0 spiro atoms. The number of carbonyl (C=O) groups is 1. The summed E-state index contributed by atoms with van der Waals surface area (Å²) >= 11 is 5.79. The van der Waals surface area contributed by atoms with E-state index in [1.165, 1.54) is 0 Å². The molecule has 2 heterocycles. The van der Waals surface area contributed by atoms with E-state index in [-0.39, 0.29) is 0 Å². The second-order valence-electron chi connectivity index (χ2n) is 5.13. The average Bonchev–Trinajstić information content (AvgIpc) is 2.74. The van der Waals surface area contributed by atoms with Crippen molar-refractivity contribution in [2.75, 3.05) is 19.6 Å². The first-order valence-corrected chi connectivity index (χ1v) is 6.51. The lowest BCUT2D eigenvalue weighted by Gasteiger charge is -2.36. The van der Waals surface area contributed by atoms with Gasteiger partial charge in [0.2, 0.25) is 0 Å². The van der Waals surface area contributed by atoms with Crippen LogP contribution in [0.4, 0.5) is 0 Å². The summed E-state index contributed by atoms with van der Waals surface area (Å²) < 4.78 is 1.81. The third-order valence-electron chi connectivity index (χ3n) is 3.72. The van der Waals surface area contributed by atoms with Crippen molar-refractivity contribution < 1.29 is 9.90 Å². The Morgan fingerprint density at radius 1 is 1.50 bits per heavy atom. The highest BCUT2D eigenvalue weighted by atomic mass is 35.5. The fourth-order valence-electron chi connectivity index (χ4n) is 2.19. The Morgan fingerprint density at radius 2 is 2.17 bits per heavy atom. The quantitative estimate of drug-likeness (QED) is 0.906. The minimum atomic E-state index is -0.680. The normalized spacial score (nSPS) is 19.9. The van der Waals surface area contributed by atoms with Crippen molar-refractivity contribution in [3.8, 4) is 0 Å². The molecular weight excluding hydrogens is 254 g/mol. The highest BCUT2D eigenvalue weighted by Gasteiger charge is 2.36. The Kier molecular flexibility index (Phi) is 3.92. The molecule has 0 atom stereocenters. The van der Waals surface area contributed by atoms with Crippen molar-refractivity contribution in [2.45, 2.75) is 26.3 Å². The van der Waals surface area contributed by atoms with Crippen LogP contribution in [-0.4, -0.2) is 45.4 Å². The average molecular weight is 272 g/mol. The number of aliphatic carboxylic acids is 1. The number of carboxylic acids is 1. The third-order valence-corrected chi connectivity index (χ3v) is 3.92. The van der Waals surface area contributed by atoms with Gasteiger partial charge < -0.3 is 10.0 Å². The van der Waals surface area contributed by atoms with E-state index in [2.05, 4.69) is 10.00 Å². The first-order chi connectivity index (χ1) is 8.49. The number of hydrogen-bond acceptors (Lipinski definition) is 3. The van der Waals surface area contributed by atoms with Crippen LogP contribution in [0.25, 0.3) is 0 Å². The third kappa shape index (κ3) is 3.03. The highest BCUT2D eigenvalue weighted by molar-refractivity contribution is 6.30. The van der Waals surface area contributed by atoms with E-state index in [1.807, 2.05) is 11.6 Å². The largest absolute Gasteiger partial charge is 0.481 e. The molecule has 1 aromatic heterocycles. The maximum Gasteiger partial charge on any atom is 0.309 e. The first kappa shape index (κ1) is 13.4. The summed E-state index contributed by atoms with van der Waals surface area (Å²) in [6.07, 6.45) is 4.84. The van der Waals surface area contributed by atoms with Gasteiger partial charge in [0.05, 0.1) is 23.2 Å². The molecule has 1 fully saturated rings. The molecule has 1 N–H and O–H groups in total. The van der Waals surface area contributed by atoms with E-state index >= 15 is 0 Å². The maximum absolute atomic E-state index is 11.1. The topological polar surface area (TPSA) is 58.4 Å². The van der Waals surface area contributed by atoms with Gasteiger partial charge in [0.1, 0.15) is 0 Å². The SMILES string of the molecule is CC1(C(=O)O)CCN(CCn2cc(Cl)cn2)CC1. The highest BCUT2D eigenvalue weighted by Crippen LogP contribution is 2.30. The molecule has 1 aromatic rings. The number of hydrogen-bond donors (Lipinski definition) is 1. The Labute approximate surface area is 111 Å². The van der Waals surface area contributed by atoms with Gasteiger partial charge in [0.15, 0.2) is 0 Å². The monoisotopic (exact) mass is 271 g/mol. The van der Waals surface area contributed by atoms with Gasteiger partial charge in [-0.25, -0.2) is 0 Å². The summed E-state index contributed by atoms with van der Waals surface area (Å²) in [6.45, 7) is 5.17. The molecule has 2 rings (SSSR count). The lowest BCUT2D eigenvalue weighted by molar-refractivity contribution is -0.150. The molecule has 0 radical (unpaired) electrons. The van der Waals surface area contributed by atoms with E-state index in [0.717, 1.165) is 26.2 Å². The number of aromatic nitrogens is 2. The van der Waals surface area contributed by atoms with Crippen molar-refractivity contribution in [3.05, 3.63) is 17.4 Å². The predicted molar refractivity (Wildman–Crippen MR) is 68.7 cm³/mol. The fourth-order valence-corrected chi connectivity index (χ4v) is 2.34. The summed E-state index contributed by atoms with van der Waals surface area (Å²) in [6, 6.07) is 0. The number of piperidine rings is 1. The molecule has 0 aliphatic carbocycles. The molecule has 100 valence electrons. The molecule has 1 aliphatic rings. The smallest absolute Gasteiger partial charge is 0.309 e. The van der Waals surface area contributed by atoms with Gasteiger partial charge in [-0.1, -0.05) is 11.6 Å². The Bertz CT molecular complexity index is 425. The molecule has 1 saturated heterocycles. The van der Waals surface area contributed by atoms with Gasteiger partial charge in [-0.3, -0.25) is 9.48 Å². The molecule has 6 heteroatoms.